The standard InChI is InChI=1S/C15H19NO3/c1-12(2)19-15(18)16-11-14-8-6-13(7-9-14)5-3-4-10-17/h6-9,12,17H,4,10-11H2,1-2H3,(H,16,18). The Bertz CT molecular complexity index is 455. The summed E-state index contributed by atoms with van der Waals surface area (Å²) < 4.78 is 4.97. The highest BCUT2D eigenvalue weighted by molar-refractivity contribution is 5.67. The van der Waals surface area contributed by atoms with Crippen molar-refractivity contribution < 1.29 is 14.6 Å². The van der Waals surface area contributed by atoms with E-state index >= 15 is 0 Å². The zero-order chi connectivity index (χ0) is 14.1. The third kappa shape index (κ3) is 6.49. The number of aliphatic hydroxyl groups is 1. The van der Waals surface area contributed by atoms with Crippen LogP contribution in [0, 0.1) is 11.8 Å². The van der Waals surface area contributed by atoms with E-state index in [9.17, 15) is 4.79 Å². The topological polar surface area (TPSA) is 58.6 Å². The first kappa shape index (κ1) is 15.1. The molecule has 19 heavy (non-hydrogen) atoms. The Hall–Kier alpha value is -1.99. The van der Waals surface area contributed by atoms with E-state index in [2.05, 4.69) is 17.2 Å². The molecule has 0 fully saturated rings. The van der Waals surface area contributed by atoms with Crippen LogP contribution in [0.2, 0.25) is 0 Å². The molecular formula is C15H19NO3. The molecule has 102 valence electrons. The normalized spacial score (nSPS) is 9.68. The van der Waals surface area contributed by atoms with E-state index in [1.165, 1.54) is 0 Å². The summed E-state index contributed by atoms with van der Waals surface area (Å²) in [4.78, 5) is 11.3. The van der Waals surface area contributed by atoms with Crippen LogP contribution in [0.15, 0.2) is 24.3 Å². The van der Waals surface area contributed by atoms with Gasteiger partial charge in [0.25, 0.3) is 0 Å². The molecule has 0 heterocycles. The molecule has 1 amide bonds. The molecule has 1 aromatic rings. The summed E-state index contributed by atoms with van der Waals surface area (Å²) in [7, 11) is 0. The van der Waals surface area contributed by atoms with Crippen LogP contribution in [-0.4, -0.2) is 23.9 Å². The molecule has 2 N–H and O–H groups in total. The van der Waals surface area contributed by atoms with Crippen LogP contribution in [-0.2, 0) is 11.3 Å². The number of hydrogen-bond donors (Lipinski definition) is 2. The van der Waals surface area contributed by atoms with Gasteiger partial charge in [-0.3, -0.25) is 0 Å². The number of carbonyl (C=O) groups is 1. The Morgan fingerprint density at radius 1 is 1.37 bits per heavy atom. The van der Waals surface area contributed by atoms with Crippen LogP contribution in [0.3, 0.4) is 0 Å². The third-order valence-corrected chi connectivity index (χ3v) is 2.20. The van der Waals surface area contributed by atoms with E-state index in [0.717, 1.165) is 11.1 Å². The monoisotopic (exact) mass is 261 g/mol. The van der Waals surface area contributed by atoms with Gasteiger partial charge in [-0.15, -0.1) is 0 Å². The second-order valence-corrected chi connectivity index (χ2v) is 4.28. The van der Waals surface area contributed by atoms with E-state index in [1.807, 2.05) is 24.3 Å². The van der Waals surface area contributed by atoms with Crippen molar-refractivity contribution in [1.82, 2.24) is 5.32 Å². The molecule has 0 aliphatic heterocycles. The maximum Gasteiger partial charge on any atom is 0.407 e. The van der Waals surface area contributed by atoms with E-state index in [1.54, 1.807) is 13.8 Å². The Morgan fingerprint density at radius 3 is 2.63 bits per heavy atom. The predicted molar refractivity (Wildman–Crippen MR) is 73.5 cm³/mol. The molecule has 1 aromatic carbocycles. The average molecular weight is 261 g/mol. The SMILES string of the molecule is CC(C)OC(=O)NCc1ccc(C#CCCO)cc1. The van der Waals surface area contributed by atoms with Crippen molar-refractivity contribution in [1.29, 1.82) is 0 Å². The summed E-state index contributed by atoms with van der Waals surface area (Å²) in [5.41, 5.74) is 1.87. The Labute approximate surface area is 113 Å². The molecule has 4 nitrogen and oxygen atoms in total. The predicted octanol–water partition coefficient (Wildman–Crippen LogP) is 2.06. The largest absolute Gasteiger partial charge is 0.447 e. The van der Waals surface area contributed by atoms with E-state index in [0.29, 0.717) is 13.0 Å². The lowest BCUT2D eigenvalue weighted by atomic mass is 10.1. The summed E-state index contributed by atoms with van der Waals surface area (Å²) in [5.74, 6) is 5.79. The van der Waals surface area contributed by atoms with Crippen LogP contribution in [0.25, 0.3) is 0 Å². The molecular weight excluding hydrogens is 242 g/mol. The van der Waals surface area contributed by atoms with Gasteiger partial charge in [0.2, 0.25) is 0 Å². The Kier molecular flexibility index (Phi) is 6.48. The van der Waals surface area contributed by atoms with Crippen LogP contribution < -0.4 is 5.32 Å². The van der Waals surface area contributed by atoms with Crippen LogP contribution in [0.4, 0.5) is 4.79 Å². The number of hydrogen-bond acceptors (Lipinski definition) is 3. The highest BCUT2D eigenvalue weighted by atomic mass is 16.6. The van der Waals surface area contributed by atoms with E-state index in [-0.39, 0.29) is 12.7 Å². The highest BCUT2D eigenvalue weighted by Gasteiger charge is 2.03. The first-order chi connectivity index (χ1) is 9.11. The van der Waals surface area contributed by atoms with Crippen LogP contribution >= 0.6 is 0 Å². The van der Waals surface area contributed by atoms with Gasteiger partial charge in [0.1, 0.15) is 0 Å². The minimum Gasteiger partial charge on any atom is -0.447 e. The third-order valence-electron chi connectivity index (χ3n) is 2.20. The smallest absolute Gasteiger partial charge is 0.407 e. The van der Waals surface area contributed by atoms with Gasteiger partial charge in [-0.2, -0.15) is 0 Å². The van der Waals surface area contributed by atoms with Crippen molar-refractivity contribution in [3.63, 3.8) is 0 Å². The van der Waals surface area contributed by atoms with Crippen molar-refractivity contribution in [3.8, 4) is 11.8 Å². The maximum absolute atomic E-state index is 11.3. The fourth-order valence-corrected chi connectivity index (χ4v) is 1.36. The van der Waals surface area contributed by atoms with Gasteiger partial charge in [-0.25, -0.2) is 4.79 Å². The van der Waals surface area contributed by atoms with Crippen molar-refractivity contribution in [2.75, 3.05) is 6.61 Å². The number of ether oxygens (including phenoxy) is 1. The van der Waals surface area contributed by atoms with Crippen molar-refractivity contribution in [2.24, 2.45) is 0 Å². The van der Waals surface area contributed by atoms with E-state index in [4.69, 9.17) is 9.84 Å². The van der Waals surface area contributed by atoms with Gasteiger partial charge in [0.15, 0.2) is 0 Å². The molecule has 0 saturated heterocycles. The molecule has 0 aromatic heterocycles. The molecule has 0 atom stereocenters. The zero-order valence-corrected chi connectivity index (χ0v) is 11.3. The summed E-state index contributed by atoms with van der Waals surface area (Å²) in [5, 5.41) is 11.3. The Balaban J connectivity index is 2.45. The number of alkyl carbamates (subject to hydrolysis) is 1. The molecule has 0 bridgehead atoms. The van der Waals surface area contributed by atoms with Gasteiger partial charge in [-0.1, -0.05) is 24.0 Å². The fourth-order valence-electron chi connectivity index (χ4n) is 1.36. The second kappa shape index (κ2) is 8.17. The number of benzene rings is 1. The molecule has 0 spiro atoms. The molecule has 0 saturated carbocycles. The summed E-state index contributed by atoms with van der Waals surface area (Å²) in [6.07, 6.45) is -0.0596. The number of amides is 1. The zero-order valence-electron chi connectivity index (χ0n) is 11.3. The number of aliphatic hydroxyl groups excluding tert-OH is 1. The second-order valence-electron chi connectivity index (χ2n) is 4.28. The van der Waals surface area contributed by atoms with Crippen molar-refractivity contribution in [3.05, 3.63) is 35.4 Å². The summed E-state index contributed by atoms with van der Waals surface area (Å²) >= 11 is 0. The van der Waals surface area contributed by atoms with Crippen molar-refractivity contribution in [2.45, 2.75) is 32.9 Å². The minimum atomic E-state index is -0.415. The first-order valence-electron chi connectivity index (χ1n) is 6.25. The quantitative estimate of drug-likeness (QED) is 0.816. The lowest BCUT2D eigenvalue weighted by Crippen LogP contribution is -2.26. The van der Waals surface area contributed by atoms with Gasteiger partial charge >= 0.3 is 6.09 Å². The average Bonchev–Trinajstić information content (AvgIpc) is 2.37. The fraction of sp³-hybridized carbons (Fsp3) is 0.400. The lowest BCUT2D eigenvalue weighted by Gasteiger charge is -2.09. The molecule has 0 aliphatic rings. The molecule has 0 aliphatic carbocycles. The minimum absolute atomic E-state index is 0.0764. The van der Waals surface area contributed by atoms with Gasteiger partial charge in [-0.05, 0) is 31.5 Å². The Morgan fingerprint density at radius 2 is 2.05 bits per heavy atom. The molecule has 1 rings (SSSR count). The van der Waals surface area contributed by atoms with Gasteiger partial charge in [0, 0.05) is 18.5 Å². The molecule has 4 heteroatoms. The van der Waals surface area contributed by atoms with Crippen LogP contribution in [0.1, 0.15) is 31.4 Å². The van der Waals surface area contributed by atoms with Crippen LogP contribution in [0.5, 0.6) is 0 Å². The molecule has 0 unspecified atom stereocenters. The maximum atomic E-state index is 11.3. The first-order valence-corrected chi connectivity index (χ1v) is 6.25. The molecule has 0 radical (unpaired) electrons. The lowest BCUT2D eigenvalue weighted by molar-refractivity contribution is 0.115. The number of rotatable bonds is 4. The highest BCUT2D eigenvalue weighted by Crippen LogP contribution is 2.03. The van der Waals surface area contributed by atoms with Gasteiger partial charge < -0.3 is 15.2 Å². The van der Waals surface area contributed by atoms with E-state index < -0.39 is 6.09 Å². The van der Waals surface area contributed by atoms with Gasteiger partial charge in [0.05, 0.1) is 12.7 Å². The summed E-state index contributed by atoms with van der Waals surface area (Å²) in [6, 6.07) is 7.57. The number of nitrogens with one attached hydrogen (secondary N) is 1. The summed E-state index contributed by atoms with van der Waals surface area (Å²) in [6.45, 7) is 4.11. The van der Waals surface area contributed by atoms with Crippen molar-refractivity contribution >= 4 is 6.09 Å². The number of carbonyl (C=O) groups excluding carboxylic acids is 1.